The van der Waals surface area contributed by atoms with E-state index in [1.165, 1.54) is 5.56 Å². The van der Waals surface area contributed by atoms with Gasteiger partial charge in [0.15, 0.2) is 21.2 Å². The lowest BCUT2D eigenvalue weighted by Gasteiger charge is -2.30. The fourth-order valence-electron chi connectivity index (χ4n) is 2.19. The van der Waals surface area contributed by atoms with Crippen molar-refractivity contribution in [2.45, 2.75) is 52.2 Å². The van der Waals surface area contributed by atoms with Gasteiger partial charge >= 0.3 is 0 Å². The maximum atomic E-state index is 6.43. The van der Waals surface area contributed by atoms with Crippen molar-refractivity contribution in [3.05, 3.63) is 29.7 Å². The topological polar surface area (TPSA) is 35.3 Å². The minimum atomic E-state index is -0.613. The molecule has 1 aromatic carbocycles. The number of alkyl halides is 1. The van der Waals surface area contributed by atoms with Crippen molar-refractivity contribution in [3.8, 4) is 0 Å². The maximum absolute atomic E-state index is 6.43. The highest BCUT2D eigenvalue weighted by Gasteiger charge is 2.26. The van der Waals surface area contributed by atoms with Crippen molar-refractivity contribution in [1.82, 2.24) is 4.98 Å². The first-order valence-electron chi connectivity index (χ1n) is 7.88. The molecule has 22 heavy (non-hydrogen) atoms. The van der Waals surface area contributed by atoms with Crippen LogP contribution in [0.15, 0.2) is 22.6 Å². The van der Waals surface area contributed by atoms with Gasteiger partial charge in [-0.05, 0) is 35.1 Å². The predicted molar refractivity (Wildman–Crippen MR) is 103 cm³/mol. The van der Waals surface area contributed by atoms with E-state index in [0.29, 0.717) is 16.8 Å². The molecule has 0 aliphatic carbocycles. The fourth-order valence-corrected chi connectivity index (χ4v) is 4.08. The third-order valence-corrected chi connectivity index (χ3v) is 7.23. The second kappa shape index (κ2) is 7.44. The zero-order valence-corrected chi connectivity index (χ0v) is 17.7. The molecule has 0 bridgehead atoms. The molecule has 1 aromatic heterocycles. The minimum absolute atomic E-state index is 0.183. The zero-order chi connectivity index (χ0) is 16.3. The second-order valence-electron chi connectivity index (χ2n) is 6.88. The number of halogens is 1. The van der Waals surface area contributed by atoms with Crippen LogP contribution in [-0.4, -0.2) is 19.2 Å². The average molecular weight is 431 g/mol. The molecule has 2 rings (SSSR count). The van der Waals surface area contributed by atoms with Gasteiger partial charge in [0.2, 0.25) is 0 Å². The number of rotatable bonds is 7. The summed E-state index contributed by atoms with van der Waals surface area (Å²) < 4.78 is 13.1. The van der Waals surface area contributed by atoms with Gasteiger partial charge in [-0.15, -0.1) is 0 Å². The molecule has 0 aliphatic heterocycles. The van der Waals surface area contributed by atoms with E-state index in [1.54, 1.807) is 0 Å². The Bertz CT molecular complexity index is 624. The SMILES string of the molecule is Cc1nc2cc([C@H](CCI)O[SiH2]C(C)(C)C(C)C)ccc2o1. The number of hydrogen-bond donors (Lipinski definition) is 0. The molecule has 1 atom stereocenters. The molecule has 122 valence electrons. The van der Waals surface area contributed by atoms with Gasteiger partial charge in [-0.25, -0.2) is 4.98 Å². The van der Waals surface area contributed by atoms with Gasteiger partial charge in [0.25, 0.3) is 0 Å². The smallest absolute Gasteiger partial charge is 0.192 e. The number of aromatic nitrogens is 1. The standard InChI is InChI=1S/C17H26INO2Si/c1-11(2)17(4,5)22-21-15(8-9-18)13-6-7-16-14(10-13)19-12(3)20-16/h6-7,10-11,15H,8-9,22H2,1-5H3/t15-/m0/s1. The molecule has 0 radical (unpaired) electrons. The average Bonchev–Trinajstić information content (AvgIpc) is 2.82. The molecule has 0 unspecified atom stereocenters. The number of oxazole rings is 1. The summed E-state index contributed by atoms with van der Waals surface area (Å²) in [5.41, 5.74) is 3.01. The summed E-state index contributed by atoms with van der Waals surface area (Å²) in [5.74, 6) is 1.37. The van der Waals surface area contributed by atoms with Gasteiger partial charge in [-0.1, -0.05) is 56.4 Å². The van der Waals surface area contributed by atoms with E-state index in [-0.39, 0.29) is 6.10 Å². The summed E-state index contributed by atoms with van der Waals surface area (Å²) >= 11 is 2.43. The first-order chi connectivity index (χ1) is 10.3. The van der Waals surface area contributed by atoms with Crippen molar-refractivity contribution in [3.63, 3.8) is 0 Å². The molecule has 0 fully saturated rings. The Morgan fingerprint density at radius 3 is 2.73 bits per heavy atom. The lowest BCUT2D eigenvalue weighted by Crippen LogP contribution is -2.24. The lowest BCUT2D eigenvalue weighted by atomic mass is 9.99. The third kappa shape index (κ3) is 4.32. The normalized spacial score (nSPS) is 14.5. The van der Waals surface area contributed by atoms with Crippen LogP contribution < -0.4 is 0 Å². The van der Waals surface area contributed by atoms with Crippen molar-refractivity contribution in [2.24, 2.45) is 5.92 Å². The molecular weight excluding hydrogens is 405 g/mol. The number of nitrogens with zero attached hydrogens (tertiary/aromatic N) is 1. The maximum Gasteiger partial charge on any atom is 0.192 e. The number of fused-ring (bicyclic) bond motifs is 1. The predicted octanol–water partition coefficient (Wildman–Crippen LogP) is 4.96. The van der Waals surface area contributed by atoms with E-state index in [2.05, 4.69) is 67.4 Å². The van der Waals surface area contributed by atoms with E-state index in [9.17, 15) is 0 Å². The van der Waals surface area contributed by atoms with Gasteiger partial charge in [0.1, 0.15) is 5.52 Å². The van der Waals surface area contributed by atoms with Crippen LogP contribution in [0.5, 0.6) is 0 Å². The first-order valence-corrected chi connectivity index (χ1v) is 10.7. The van der Waals surface area contributed by atoms with E-state index in [0.717, 1.165) is 21.9 Å². The van der Waals surface area contributed by atoms with Crippen molar-refractivity contribution in [1.29, 1.82) is 0 Å². The van der Waals surface area contributed by atoms with Crippen LogP contribution in [0.4, 0.5) is 0 Å². The van der Waals surface area contributed by atoms with Gasteiger partial charge < -0.3 is 8.84 Å². The molecule has 0 amide bonds. The molecule has 0 saturated carbocycles. The first kappa shape index (κ1) is 17.9. The van der Waals surface area contributed by atoms with Crippen LogP contribution in [0.25, 0.3) is 11.1 Å². The highest BCUT2D eigenvalue weighted by molar-refractivity contribution is 14.1. The summed E-state index contributed by atoms with van der Waals surface area (Å²) in [4.78, 5) is 4.44. The highest BCUT2D eigenvalue weighted by atomic mass is 127. The molecular formula is C17H26INO2Si. The summed E-state index contributed by atoms with van der Waals surface area (Å²) in [6.07, 6.45) is 1.23. The largest absolute Gasteiger partial charge is 0.441 e. The molecule has 3 nitrogen and oxygen atoms in total. The summed E-state index contributed by atoms with van der Waals surface area (Å²) in [5, 5.41) is 0.318. The Labute approximate surface area is 149 Å². The zero-order valence-electron chi connectivity index (χ0n) is 14.1. The highest BCUT2D eigenvalue weighted by Crippen LogP contribution is 2.35. The second-order valence-corrected chi connectivity index (χ2v) is 10.4. The molecule has 0 N–H and O–H groups in total. The van der Waals surface area contributed by atoms with Crippen LogP contribution in [0.3, 0.4) is 0 Å². The summed E-state index contributed by atoms with van der Waals surface area (Å²) in [6.45, 7) is 11.1. The van der Waals surface area contributed by atoms with Crippen LogP contribution in [0.1, 0.15) is 51.7 Å². The number of benzene rings is 1. The molecule has 2 aromatic rings. The Hall–Kier alpha value is -0.403. The van der Waals surface area contributed by atoms with E-state index in [4.69, 9.17) is 8.84 Å². The molecule has 0 aliphatic rings. The molecule has 5 heteroatoms. The Morgan fingerprint density at radius 2 is 2.09 bits per heavy atom. The minimum Gasteiger partial charge on any atom is -0.441 e. The van der Waals surface area contributed by atoms with E-state index in [1.807, 2.05) is 13.0 Å². The van der Waals surface area contributed by atoms with Gasteiger partial charge in [0.05, 0.1) is 6.10 Å². The summed E-state index contributed by atoms with van der Waals surface area (Å²) in [6, 6.07) is 6.27. The number of hydrogen-bond acceptors (Lipinski definition) is 3. The fraction of sp³-hybridized carbons (Fsp3) is 0.588. The quantitative estimate of drug-likeness (QED) is 0.353. The Morgan fingerprint density at radius 1 is 1.36 bits per heavy atom. The van der Waals surface area contributed by atoms with E-state index >= 15 is 0 Å². The van der Waals surface area contributed by atoms with Gasteiger partial charge in [-0.3, -0.25) is 0 Å². The van der Waals surface area contributed by atoms with Crippen LogP contribution in [0, 0.1) is 12.8 Å². The summed E-state index contributed by atoms with van der Waals surface area (Å²) in [7, 11) is -0.613. The molecule has 1 heterocycles. The lowest BCUT2D eigenvalue weighted by molar-refractivity contribution is 0.198. The van der Waals surface area contributed by atoms with Crippen LogP contribution in [0.2, 0.25) is 5.04 Å². The van der Waals surface area contributed by atoms with Crippen molar-refractivity contribution < 1.29 is 8.84 Å². The van der Waals surface area contributed by atoms with E-state index < -0.39 is 9.76 Å². The van der Waals surface area contributed by atoms with Crippen molar-refractivity contribution >= 4 is 43.5 Å². The molecule has 0 saturated heterocycles. The van der Waals surface area contributed by atoms with Gasteiger partial charge in [0, 0.05) is 11.4 Å². The number of aryl methyl sites for hydroxylation is 1. The molecule has 0 spiro atoms. The Kier molecular flexibility index (Phi) is 6.07. The van der Waals surface area contributed by atoms with Crippen LogP contribution >= 0.6 is 22.6 Å². The monoisotopic (exact) mass is 431 g/mol. The van der Waals surface area contributed by atoms with Crippen molar-refractivity contribution in [2.75, 3.05) is 4.43 Å². The Balaban J connectivity index is 2.18. The van der Waals surface area contributed by atoms with Gasteiger partial charge in [-0.2, -0.15) is 0 Å². The van der Waals surface area contributed by atoms with Crippen LogP contribution in [-0.2, 0) is 4.43 Å². The third-order valence-electron chi connectivity index (χ3n) is 4.48.